The van der Waals surface area contributed by atoms with Crippen molar-refractivity contribution in [3.63, 3.8) is 0 Å². The van der Waals surface area contributed by atoms with E-state index in [1.54, 1.807) is 0 Å². The van der Waals surface area contributed by atoms with Gasteiger partial charge in [-0.05, 0) is 0 Å². The van der Waals surface area contributed by atoms with Crippen LogP contribution < -0.4 is 0 Å². The van der Waals surface area contributed by atoms with Crippen molar-refractivity contribution in [3.8, 4) is 0 Å². The van der Waals surface area contributed by atoms with Crippen LogP contribution in [0.5, 0.6) is 0 Å². The van der Waals surface area contributed by atoms with Crippen LogP contribution in [0.25, 0.3) is 0 Å². The lowest BCUT2D eigenvalue weighted by molar-refractivity contribution is -0.265. The van der Waals surface area contributed by atoms with Crippen LogP contribution >= 0.6 is 0 Å². The molecule has 82 valence electrons. The van der Waals surface area contributed by atoms with Crippen LogP contribution in [0.3, 0.4) is 0 Å². The third-order valence-corrected chi connectivity index (χ3v) is 1.98. The summed E-state index contributed by atoms with van der Waals surface area (Å²) in [4.78, 5) is 10.6. The molecule has 0 bridgehead atoms. The first-order valence-corrected chi connectivity index (χ1v) is 4.24. The molecule has 6 nitrogen and oxygen atoms in total. The number of aliphatic hydroxyl groups excluding tert-OH is 2. The van der Waals surface area contributed by atoms with Crippen LogP contribution in [0.15, 0.2) is 0 Å². The Morgan fingerprint density at radius 3 is 2.57 bits per heavy atom. The SMILES string of the molecule is CO[C@@H]1OC[C@H](OC(C)=O)[C@H](O)[C@H]1O. The third kappa shape index (κ3) is 2.42. The zero-order valence-corrected chi connectivity index (χ0v) is 8.04. The molecule has 0 radical (unpaired) electrons. The number of carbonyl (C=O) groups excluding carboxylic acids is 1. The molecule has 1 aliphatic rings. The summed E-state index contributed by atoms with van der Waals surface area (Å²) in [6.45, 7) is 1.23. The minimum atomic E-state index is -1.21. The van der Waals surface area contributed by atoms with Gasteiger partial charge in [0.1, 0.15) is 12.2 Å². The van der Waals surface area contributed by atoms with Gasteiger partial charge in [-0.15, -0.1) is 0 Å². The molecule has 1 heterocycles. The lowest BCUT2D eigenvalue weighted by Gasteiger charge is -2.35. The molecule has 0 aromatic heterocycles. The molecule has 4 atom stereocenters. The lowest BCUT2D eigenvalue weighted by atomic mass is 10.1. The molecule has 0 aliphatic carbocycles. The summed E-state index contributed by atoms with van der Waals surface area (Å²) in [5, 5.41) is 18.9. The third-order valence-electron chi connectivity index (χ3n) is 1.98. The second-order valence-electron chi connectivity index (χ2n) is 3.07. The van der Waals surface area contributed by atoms with Gasteiger partial charge in [-0.1, -0.05) is 0 Å². The smallest absolute Gasteiger partial charge is 0.303 e. The first-order valence-electron chi connectivity index (χ1n) is 4.24. The Morgan fingerprint density at radius 2 is 2.07 bits per heavy atom. The van der Waals surface area contributed by atoms with Gasteiger partial charge in [0.2, 0.25) is 0 Å². The van der Waals surface area contributed by atoms with Crippen molar-refractivity contribution in [3.05, 3.63) is 0 Å². The minimum Gasteiger partial charge on any atom is -0.457 e. The van der Waals surface area contributed by atoms with Gasteiger partial charge in [-0.2, -0.15) is 0 Å². The quantitative estimate of drug-likeness (QED) is 0.543. The first kappa shape index (κ1) is 11.4. The van der Waals surface area contributed by atoms with E-state index in [0.717, 1.165) is 0 Å². The standard InChI is InChI=1S/C8H14O6/c1-4(9)14-5-3-13-8(12-2)7(11)6(5)10/h5-8,10-11H,3H2,1-2H3/t5-,6-,7+,8+/m0/s1. The predicted molar refractivity (Wildman–Crippen MR) is 44.3 cm³/mol. The van der Waals surface area contributed by atoms with Crippen molar-refractivity contribution in [1.82, 2.24) is 0 Å². The van der Waals surface area contributed by atoms with Gasteiger partial charge < -0.3 is 24.4 Å². The fourth-order valence-electron chi connectivity index (χ4n) is 1.29. The number of esters is 1. The van der Waals surface area contributed by atoms with Gasteiger partial charge >= 0.3 is 5.97 Å². The average Bonchev–Trinajstić information content (AvgIpc) is 2.13. The molecular formula is C8H14O6. The Hall–Kier alpha value is -0.690. The van der Waals surface area contributed by atoms with Crippen molar-refractivity contribution in [1.29, 1.82) is 0 Å². The molecule has 0 unspecified atom stereocenters. The topological polar surface area (TPSA) is 85.2 Å². The van der Waals surface area contributed by atoms with E-state index in [0.29, 0.717) is 0 Å². The van der Waals surface area contributed by atoms with Crippen LogP contribution in [-0.2, 0) is 19.0 Å². The number of hydrogen-bond acceptors (Lipinski definition) is 6. The summed E-state index contributed by atoms with van der Waals surface area (Å²) in [6.07, 6.45) is -4.11. The van der Waals surface area contributed by atoms with Gasteiger partial charge in [0.25, 0.3) is 0 Å². The first-order chi connectivity index (χ1) is 6.56. The zero-order chi connectivity index (χ0) is 10.7. The van der Waals surface area contributed by atoms with Gasteiger partial charge in [0.15, 0.2) is 12.4 Å². The summed E-state index contributed by atoms with van der Waals surface area (Å²) in [5.41, 5.74) is 0. The Balaban J connectivity index is 2.54. The fourth-order valence-corrected chi connectivity index (χ4v) is 1.29. The molecule has 0 saturated carbocycles. The van der Waals surface area contributed by atoms with Gasteiger partial charge in [0.05, 0.1) is 6.61 Å². The maximum atomic E-state index is 10.6. The largest absolute Gasteiger partial charge is 0.457 e. The maximum absolute atomic E-state index is 10.6. The molecule has 0 amide bonds. The Bertz CT molecular complexity index is 206. The molecule has 0 spiro atoms. The van der Waals surface area contributed by atoms with E-state index >= 15 is 0 Å². The van der Waals surface area contributed by atoms with Crippen LogP contribution in [0.4, 0.5) is 0 Å². The highest BCUT2D eigenvalue weighted by atomic mass is 16.7. The monoisotopic (exact) mass is 206 g/mol. The van der Waals surface area contributed by atoms with Crippen LogP contribution in [0.2, 0.25) is 0 Å². The molecular weight excluding hydrogens is 192 g/mol. The average molecular weight is 206 g/mol. The second kappa shape index (κ2) is 4.70. The van der Waals surface area contributed by atoms with Gasteiger partial charge in [-0.3, -0.25) is 4.79 Å². The van der Waals surface area contributed by atoms with Crippen LogP contribution in [0, 0.1) is 0 Å². The highest BCUT2D eigenvalue weighted by Crippen LogP contribution is 2.18. The predicted octanol–water partition coefficient (Wildman–Crippen LogP) is -1.36. The van der Waals surface area contributed by atoms with E-state index in [1.165, 1.54) is 14.0 Å². The van der Waals surface area contributed by atoms with E-state index in [2.05, 4.69) is 0 Å². The summed E-state index contributed by atoms with van der Waals surface area (Å²) in [5.74, 6) is -0.527. The van der Waals surface area contributed by atoms with Crippen LogP contribution in [0.1, 0.15) is 6.92 Å². The minimum absolute atomic E-state index is 0.0102. The highest BCUT2D eigenvalue weighted by molar-refractivity contribution is 5.66. The summed E-state index contributed by atoms with van der Waals surface area (Å²) < 4.78 is 14.5. The summed E-state index contributed by atoms with van der Waals surface area (Å²) in [6, 6.07) is 0. The number of aliphatic hydroxyl groups is 2. The van der Waals surface area contributed by atoms with E-state index in [4.69, 9.17) is 14.2 Å². The van der Waals surface area contributed by atoms with E-state index in [9.17, 15) is 15.0 Å². The van der Waals surface area contributed by atoms with Crippen molar-refractivity contribution in [2.24, 2.45) is 0 Å². The number of carbonyl (C=O) groups is 1. The molecule has 6 heteroatoms. The molecule has 1 rings (SSSR count). The number of ether oxygens (including phenoxy) is 3. The van der Waals surface area contributed by atoms with E-state index < -0.39 is 30.6 Å². The fraction of sp³-hybridized carbons (Fsp3) is 0.875. The Kier molecular flexibility index (Phi) is 3.82. The van der Waals surface area contributed by atoms with E-state index in [-0.39, 0.29) is 6.61 Å². The molecule has 1 aliphatic heterocycles. The molecule has 14 heavy (non-hydrogen) atoms. The summed E-state index contributed by atoms with van der Waals surface area (Å²) >= 11 is 0. The molecule has 0 aromatic rings. The Morgan fingerprint density at radius 1 is 1.43 bits per heavy atom. The van der Waals surface area contributed by atoms with Crippen molar-refractivity contribution in [2.75, 3.05) is 13.7 Å². The van der Waals surface area contributed by atoms with Gasteiger partial charge in [-0.25, -0.2) is 0 Å². The number of methoxy groups -OCH3 is 1. The zero-order valence-electron chi connectivity index (χ0n) is 8.04. The molecule has 0 aromatic carbocycles. The molecule has 1 fully saturated rings. The molecule has 1 saturated heterocycles. The normalized spacial score (nSPS) is 38.0. The van der Waals surface area contributed by atoms with Crippen molar-refractivity contribution >= 4 is 5.97 Å². The number of rotatable bonds is 2. The highest BCUT2D eigenvalue weighted by Gasteiger charge is 2.40. The van der Waals surface area contributed by atoms with E-state index in [1.807, 2.05) is 0 Å². The maximum Gasteiger partial charge on any atom is 0.303 e. The Labute approximate surface area is 81.4 Å². The van der Waals surface area contributed by atoms with Gasteiger partial charge in [0, 0.05) is 14.0 Å². The number of hydrogen-bond donors (Lipinski definition) is 2. The summed E-state index contributed by atoms with van der Waals surface area (Å²) in [7, 11) is 1.35. The van der Waals surface area contributed by atoms with Crippen LogP contribution in [-0.4, -0.2) is 54.5 Å². The van der Waals surface area contributed by atoms with Crippen molar-refractivity contribution in [2.45, 2.75) is 31.5 Å². The van der Waals surface area contributed by atoms with Crippen molar-refractivity contribution < 1.29 is 29.2 Å². The molecule has 2 N–H and O–H groups in total. The lowest BCUT2D eigenvalue weighted by Crippen LogP contribution is -2.54. The second-order valence-corrected chi connectivity index (χ2v) is 3.07.